The molecule has 3 heteroatoms. The van der Waals surface area contributed by atoms with Gasteiger partial charge >= 0.3 is 0 Å². The quantitative estimate of drug-likeness (QED) is 0.758. The molecule has 0 spiro atoms. The third-order valence-corrected chi connectivity index (χ3v) is 3.25. The number of epoxide rings is 1. The zero-order valence-corrected chi connectivity index (χ0v) is 10.6. The van der Waals surface area contributed by atoms with Gasteiger partial charge in [-0.2, -0.15) is 0 Å². The van der Waals surface area contributed by atoms with Crippen molar-refractivity contribution in [1.82, 2.24) is 0 Å². The molecule has 2 N–H and O–H groups in total. The Morgan fingerprint density at radius 3 is 2.76 bits per heavy atom. The van der Waals surface area contributed by atoms with Crippen LogP contribution in [0.3, 0.4) is 0 Å². The Morgan fingerprint density at radius 2 is 2.06 bits per heavy atom. The van der Waals surface area contributed by atoms with Crippen molar-refractivity contribution in [2.75, 3.05) is 0 Å². The van der Waals surface area contributed by atoms with Crippen molar-refractivity contribution in [2.45, 2.75) is 45.6 Å². The van der Waals surface area contributed by atoms with E-state index in [4.69, 9.17) is 15.2 Å². The molecule has 1 aromatic rings. The van der Waals surface area contributed by atoms with Crippen LogP contribution in [0.25, 0.3) is 0 Å². The van der Waals surface area contributed by atoms with Crippen LogP contribution in [0, 0.1) is 5.41 Å². The van der Waals surface area contributed by atoms with Crippen LogP contribution in [0.15, 0.2) is 18.2 Å². The van der Waals surface area contributed by atoms with E-state index in [-0.39, 0.29) is 23.9 Å². The van der Waals surface area contributed by atoms with Crippen LogP contribution >= 0.6 is 0 Å². The first kappa shape index (κ1) is 11.1. The largest absolute Gasteiger partial charge is 0.462 e. The molecule has 3 atom stereocenters. The number of rotatable bonds is 1. The van der Waals surface area contributed by atoms with E-state index in [0.717, 1.165) is 17.7 Å². The molecule has 1 saturated heterocycles. The standard InChI is InChI=1S/C14H19NO2/c1-14(2,3)7-8-4-5-10-9(6-8)11(15)12-13(16-10)17-12/h4-6,11-13H,7,15H2,1-3H3/t11?,12-,13-/m0/s1. The van der Waals surface area contributed by atoms with Gasteiger partial charge in [-0.3, -0.25) is 0 Å². The van der Waals surface area contributed by atoms with E-state index in [1.807, 2.05) is 6.07 Å². The van der Waals surface area contributed by atoms with E-state index in [0.29, 0.717) is 0 Å². The molecule has 92 valence electrons. The highest BCUT2D eigenvalue weighted by molar-refractivity contribution is 5.43. The summed E-state index contributed by atoms with van der Waals surface area (Å²) in [5, 5.41) is 0. The monoisotopic (exact) mass is 233 g/mol. The average molecular weight is 233 g/mol. The molecule has 1 fully saturated rings. The topological polar surface area (TPSA) is 47.8 Å². The molecule has 1 unspecified atom stereocenters. The van der Waals surface area contributed by atoms with Gasteiger partial charge in [0.1, 0.15) is 11.9 Å². The van der Waals surface area contributed by atoms with Crippen molar-refractivity contribution in [3.05, 3.63) is 29.3 Å². The molecule has 0 aliphatic carbocycles. The zero-order chi connectivity index (χ0) is 12.2. The van der Waals surface area contributed by atoms with Gasteiger partial charge in [-0.1, -0.05) is 32.9 Å². The van der Waals surface area contributed by atoms with Crippen LogP contribution in [0.4, 0.5) is 0 Å². The number of hydrogen-bond acceptors (Lipinski definition) is 3. The lowest BCUT2D eigenvalue weighted by atomic mass is 9.86. The molecule has 2 aliphatic heterocycles. The van der Waals surface area contributed by atoms with Gasteiger partial charge in [-0.25, -0.2) is 0 Å². The summed E-state index contributed by atoms with van der Waals surface area (Å²) in [6, 6.07) is 6.28. The number of hydrogen-bond donors (Lipinski definition) is 1. The Morgan fingerprint density at radius 1 is 1.29 bits per heavy atom. The van der Waals surface area contributed by atoms with Crippen molar-refractivity contribution in [2.24, 2.45) is 11.1 Å². The highest BCUT2D eigenvalue weighted by Gasteiger charge is 2.50. The molecule has 0 aromatic heterocycles. The third-order valence-electron chi connectivity index (χ3n) is 3.25. The molecule has 2 heterocycles. The summed E-state index contributed by atoms with van der Waals surface area (Å²) >= 11 is 0. The van der Waals surface area contributed by atoms with Crippen LogP contribution in [-0.2, 0) is 11.2 Å². The van der Waals surface area contributed by atoms with Gasteiger partial charge in [-0.15, -0.1) is 0 Å². The van der Waals surface area contributed by atoms with Crippen molar-refractivity contribution >= 4 is 0 Å². The molecule has 17 heavy (non-hydrogen) atoms. The van der Waals surface area contributed by atoms with Gasteiger partial charge in [0.15, 0.2) is 0 Å². The van der Waals surface area contributed by atoms with Crippen LogP contribution < -0.4 is 10.5 Å². The first-order chi connectivity index (χ1) is 7.94. The van der Waals surface area contributed by atoms with E-state index >= 15 is 0 Å². The normalized spacial score (nSPS) is 30.2. The van der Waals surface area contributed by atoms with Gasteiger partial charge < -0.3 is 15.2 Å². The maximum absolute atomic E-state index is 6.16. The smallest absolute Gasteiger partial charge is 0.229 e. The fourth-order valence-electron chi connectivity index (χ4n) is 2.45. The van der Waals surface area contributed by atoms with Gasteiger partial charge in [0, 0.05) is 5.56 Å². The molecule has 0 saturated carbocycles. The summed E-state index contributed by atoms with van der Waals surface area (Å²) in [5.41, 5.74) is 8.85. The summed E-state index contributed by atoms with van der Waals surface area (Å²) < 4.78 is 11.0. The maximum Gasteiger partial charge on any atom is 0.229 e. The minimum absolute atomic E-state index is 0.0383. The molecular weight excluding hydrogens is 214 g/mol. The molecule has 3 rings (SSSR count). The fourth-order valence-corrected chi connectivity index (χ4v) is 2.45. The van der Waals surface area contributed by atoms with E-state index in [1.54, 1.807) is 0 Å². The lowest BCUT2D eigenvalue weighted by Crippen LogP contribution is -2.26. The number of ether oxygens (including phenoxy) is 2. The summed E-state index contributed by atoms with van der Waals surface area (Å²) in [5.74, 6) is 0.883. The fraction of sp³-hybridized carbons (Fsp3) is 0.571. The highest BCUT2D eigenvalue weighted by Crippen LogP contribution is 2.44. The van der Waals surface area contributed by atoms with Crippen LogP contribution in [0.5, 0.6) is 5.75 Å². The summed E-state index contributed by atoms with van der Waals surface area (Å²) in [7, 11) is 0. The lowest BCUT2D eigenvalue weighted by Gasteiger charge is -2.23. The second-order valence-corrected chi connectivity index (χ2v) is 6.22. The molecule has 3 nitrogen and oxygen atoms in total. The molecular formula is C14H19NO2. The highest BCUT2D eigenvalue weighted by atomic mass is 16.8. The number of nitrogens with two attached hydrogens (primary N) is 1. The van der Waals surface area contributed by atoms with Crippen molar-refractivity contribution in [1.29, 1.82) is 0 Å². The number of fused-ring (bicyclic) bond motifs is 2. The Labute approximate surface area is 102 Å². The van der Waals surface area contributed by atoms with Crippen molar-refractivity contribution in [3.8, 4) is 5.75 Å². The van der Waals surface area contributed by atoms with Crippen molar-refractivity contribution in [3.63, 3.8) is 0 Å². The van der Waals surface area contributed by atoms with E-state index in [1.165, 1.54) is 5.56 Å². The van der Waals surface area contributed by atoms with Crippen LogP contribution in [-0.4, -0.2) is 12.4 Å². The molecule has 1 aromatic carbocycles. The summed E-state index contributed by atoms with van der Waals surface area (Å²) in [4.78, 5) is 0. The lowest BCUT2D eigenvalue weighted by molar-refractivity contribution is 0.179. The van der Waals surface area contributed by atoms with E-state index in [2.05, 4.69) is 32.9 Å². The van der Waals surface area contributed by atoms with Crippen LogP contribution in [0.1, 0.15) is 37.9 Å². The Hall–Kier alpha value is -1.06. The van der Waals surface area contributed by atoms with E-state index in [9.17, 15) is 0 Å². The second-order valence-electron chi connectivity index (χ2n) is 6.22. The Kier molecular flexibility index (Phi) is 2.25. The minimum atomic E-state index is -0.106. The van der Waals surface area contributed by atoms with Gasteiger partial charge in [-0.05, 0) is 23.5 Å². The molecule has 2 aliphatic rings. The SMILES string of the molecule is CC(C)(C)Cc1ccc2c(c1)C(N)[C@@H]1O[C@@H]1O2. The summed E-state index contributed by atoms with van der Waals surface area (Å²) in [6.45, 7) is 6.72. The van der Waals surface area contributed by atoms with Crippen LogP contribution in [0.2, 0.25) is 0 Å². The Balaban J connectivity index is 1.91. The Bertz CT molecular complexity index is 450. The number of benzene rings is 1. The average Bonchev–Trinajstić information content (AvgIpc) is 2.96. The van der Waals surface area contributed by atoms with Gasteiger partial charge in [0.05, 0.1) is 6.04 Å². The maximum atomic E-state index is 6.16. The minimum Gasteiger partial charge on any atom is -0.462 e. The molecule has 0 amide bonds. The van der Waals surface area contributed by atoms with Crippen molar-refractivity contribution < 1.29 is 9.47 Å². The first-order valence-electron chi connectivity index (χ1n) is 6.15. The zero-order valence-electron chi connectivity index (χ0n) is 10.6. The second kappa shape index (κ2) is 3.47. The first-order valence-corrected chi connectivity index (χ1v) is 6.15. The predicted molar refractivity (Wildman–Crippen MR) is 65.8 cm³/mol. The van der Waals surface area contributed by atoms with Gasteiger partial charge in [0.25, 0.3) is 0 Å². The van der Waals surface area contributed by atoms with Gasteiger partial charge in [0.2, 0.25) is 6.29 Å². The molecule has 0 radical (unpaired) electrons. The summed E-state index contributed by atoms with van der Waals surface area (Å²) in [6.07, 6.45) is 1.00. The van der Waals surface area contributed by atoms with E-state index < -0.39 is 0 Å². The molecule has 0 bridgehead atoms. The third kappa shape index (κ3) is 2.05. The predicted octanol–water partition coefficient (Wildman–Crippen LogP) is 2.39.